The molecule has 0 spiro atoms. The summed E-state index contributed by atoms with van der Waals surface area (Å²) in [7, 11) is -2.10. The third kappa shape index (κ3) is 4.65. The van der Waals surface area contributed by atoms with Crippen molar-refractivity contribution in [2.45, 2.75) is 10.6 Å². The molecule has 0 fully saturated rings. The maximum Gasteiger partial charge on any atom is 0.184 e. The second-order valence-corrected chi connectivity index (χ2v) is 10.4. The topological polar surface area (TPSA) is 82.0 Å². The smallest absolute Gasteiger partial charge is 0.184 e. The van der Waals surface area contributed by atoms with Crippen LogP contribution in [0.5, 0.6) is 5.75 Å². The van der Waals surface area contributed by atoms with E-state index in [-0.39, 0.29) is 16.5 Å². The van der Waals surface area contributed by atoms with Crippen molar-refractivity contribution >= 4 is 32.2 Å². The van der Waals surface area contributed by atoms with Gasteiger partial charge < -0.3 is 4.74 Å². The Bertz CT molecular complexity index is 1700. The Morgan fingerprint density at radius 3 is 2.56 bits per heavy atom. The molecule has 0 unspecified atom stereocenters. The highest BCUT2D eigenvalue weighted by atomic mass is 35.5. The zero-order valence-corrected chi connectivity index (χ0v) is 20.6. The number of fused-ring (bicyclic) bond motifs is 1. The molecule has 0 bridgehead atoms. The van der Waals surface area contributed by atoms with Crippen LogP contribution in [0.2, 0.25) is 5.02 Å². The number of methoxy groups -OCH3 is 1. The number of rotatable bonds is 6. The molecule has 6 nitrogen and oxygen atoms in total. The molecule has 0 saturated heterocycles. The van der Waals surface area contributed by atoms with Crippen molar-refractivity contribution in [3.8, 4) is 28.1 Å². The Morgan fingerprint density at radius 2 is 1.81 bits per heavy atom. The molecule has 0 radical (unpaired) electrons. The summed E-state index contributed by atoms with van der Waals surface area (Å²) in [5, 5.41) is 1.82. The van der Waals surface area contributed by atoms with Crippen LogP contribution in [0.1, 0.15) is 5.69 Å². The van der Waals surface area contributed by atoms with Crippen molar-refractivity contribution in [1.29, 1.82) is 0 Å². The van der Waals surface area contributed by atoms with Crippen LogP contribution in [0, 0.1) is 5.82 Å². The molecule has 36 heavy (non-hydrogen) atoms. The van der Waals surface area contributed by atoms with Crippen molar-refractivity contribution < 1.29 is 17.5 Å². The molecule has 3 aromatic carbocycles. The average molecular weight is 520 g/mol. The molecule has 2 heterocycles. The number of hydrogen-bond donors (Lipinski definition) is 0. The van der Waals surface area contributed by atoms with Gasteiger partial charge in [-0.2, -0.15) is 0 Å². The minimum atomic E-state index is -3.63. The van der Waals surface area contributed by atoms with E-state index < -0.39 is 9.84 Å². The van der Waals surface area contributed by atoms with Gasteiger partial charge in [-0.1, -0.05) is 29.8 Å². The maximum absolute atomic E-state index is 13.8. The molecule has 5 rings (SSSR count). The lowest BCUT2D eigenvalue weighted by molar-refractivity contribution is 0.416. The monoisotopic (exact) mass is 519 g/mol. The van der Waals surface area contributed by atoms with Gasteiger partial charge in [0.05, 0.1) is 29.1 Å². The minimum Gasteiger partial charge on any atom is -0.496 e. The van der Waals surface area contributed by atoms with Crippen LogP contribution in [-0.4, -0.2) is 30.5 Å². The SMILES string of the molecule is COc1cc(-c2cccc(F)c2)c(Cl)cc1-c1nccc2cc(S(=O)(=O)Cc3ccncn3)ccc12. The predicted octanol–water partition coefficient (Wildman–Crippen LogP) is 6.13. The van der Waals surface area contributed by atoms with Gasteiger partial charge in [-0.05, 0) is 59.5 Å². The van der Waals surface area contributed by atoms with Gasteiger partial charge in [0.2, 0.25) is 0 Å². The molecular weight excluding hydrogens is 501 g/mol. The molecule has 0 atom stereocenters. The molecular formula is C27H19ClFN3O3S. The molecule has 0 aliphatic heterocycles. The standard InChI is InChI=1S/C27H19ClFN3O3S/c1-35-26-14-23(17-3-2-4-19(29)11-17)25(28)13-24(26)27-22-6-5-21(12-18(22)7-10-31-27)36(33,34)15-20-8-9-30-16-32-20/h2-14,16H,15H2,1H3. The summed E-state index contributed by atoms with van der Waals surface area (Å²) in [4.78, 5) is 12.6. The highest BCUT2D eigenvalue weighted by Gasteiger charge is 2.19. The fraction of sp³-hybridized carbons (Fsp3) is 0.0741. The second kappa shape index (κ2) is 9.64. The molecule has 5 aromatic rings. The molecule has 0 amide bonds. The van der Waals surface area contributed by atoms with E-state index in [0.29, 0.717) is 44.2 Å². The van der Waals surface area contributed by atoms with E-state index in [1.165, 1.54) is 31.8 Å². The first-order chi connectivity index (χ1) is 17.4. The number of hydrogen-bond acceptors (Lipinski definition) is 6. The quantitative estimate of drug-likeness (QED) is 0.268. The van der Waals surface area contributed by atoms with E-state index in [1.807, 2.05) is 0 Å². The van der Waals surface area contributed by atoms with E-state index in [0.717, 1.165) is 5.39 Å². The van der Waals surface area contributed by atoms with Gasteiger partial charge in [0.1, 0.15) is 17.9 Å². The summed E-state index contributed by atoms with van der Waals surface area (Å²) in [5.41, 5.74) is 2.87. The molecule has 0 aliphatic carbocycles. The van der Waals surface area contributed by atoms with Gasteiger partial charge in [0, 0.05) is 33.9 Å². The van der Waals surface area contributed by atoms with E-state index in [4.69, 9.17) is 16.3 Å². The van der Waals surface area contributed by atoms with Crippen molar-refractivity contribution in [2.24, 2.45) is 0 Å². The number of aromatic nitrogens is 3. The number of pyridine rings is 1. The van der Waals surface area contributed by atoms with Crippen LogP contribution < -0.4 is 4.74 Å². The van der Waals surface area contributed by atoms with Gasteiger partial charge >= 0.3 is 0 Å². The molecule has 2 aromatic heterocycles. The van der Waals surface area contributed by atoms with Gasteiger partial charge in [0.25, 0.3) is 0 Å². The van der Waals surface area contributed by atoms with Crippen molar-refractivity contribution in [2.75, 3.05) is 7.11 Å². The second-order valence-electron chi connectivity index (χ2n) is 8.04. The van der Waals surface area contributed by atoms with Crippen LogP contribution in [-0.2, 0) is 15.6 Å². The van der Waals surface area contributed by atoms with E-state index >= 15 is 0 Å². The first-order valence-electron chi connectivity index (χ1n) is 10.9. The molecule has 0 saturated carbocycles. The number of sulfone groups is 1. The Hall–Kier alpha value is -3.88. The maximum atomic E-state index is 13.8. The van der Waals surface area contributed by atoms with E-state index in [2.05, 4.69) is 15.0 Å². The highest BCUT2D eigenvalue weighted by Crippen LogP contribution is 2.41. The molecule has 0 aliphatic rings. The highest BCUT2D eigenvalue weighted by molar-refractivity contribution is 7.90. The van der Waals surface area contributed by atoms with Gasteiger partial charge in [-0.15, -0.1) is 0 Å². The first-order valence-corrected chi connectivity index (χ1v) is 12.9. The number of halogens is 2. The fourth-order valence-electron chi connectivity index (χ4n) is 4.03. The summed E-state index contributed by atoms with van der Waals surface area (Å²) in [5.74, 6) is -0.101. The third-order valence-electron chi connectivity index (χ3n) is 5.76. The molecule has 180 valence electrons. The molecule has 9 heteroatoms. The largest absolute Gasteiger partial charge is 0.496 e. The summed E-state index contributed by atoms with van der Waals surface area (Å²) >= 11 is 6.61. The first kappa shape index (κ1) is 23.8. The normalized spacial score (nSPS) is 11.5. The lowest BCUT2D eigenvalue weighted by atomic mass is 9.98. The molecule has 0 N–H and O–H groups in total. The van der Waals surface area contributed by atoms with Gasteiger partial charge in [-0.25, -0.2) is 22.8 Å². The summed E-state index contributed by atoms with van der Waals surface area (Å²) in [6, 6.07) is 17.8. The Morgan fingerprint density at radius 1 is 0.944 bits per heavy atom. The Labute approximate surface area is 212 Å². The Balaban J connectivity index is 1.59. The van der Waals surface area contributed by atoms with Crippen LogP contribution in [0.25, 0.3) is 33.2 Å². The zero-order chi connectivity index (χ0) is 25.3. The van der Waals surface area contributed by atoms with Crippen LogP contribution in [0.4, 0.5) is 4.39 Å². The van der Waals surface area contributed by atoms with Crippen molar-refractivity contribution in [3.63, 3.8) is 0 Å². The Kier molecular flexibility index (Phi) is 6.38. The van der Waals surface area contributed by atoms with Gasteiger partial charge in [0.15, 0.2) is 9.84 Å². The number of ether oxygens (including phenoxy) is 1. The predicted molar refractivity (Wildman–Crippen MR) is 137 cm³/mol. The van der Waals surface area contributed by atoms with E-state index in [1.54, 1.807) is 60.8 Å². The number of benzene rings is 3. The fourth-order valence-corrected chi connectivity index (χ4v) is 5.61. The van der Waals surface area contributed by atoms with Gasteiger partial charge in [-0.3, -0.25) is 4.98 Å². The van der Waals surface area contributed by atoms with E-state index in [9.17, 15) is 12.8 Å². The van der Waals surface area contributed by atoms with Crippen LogP contribution >= 0.6 is 11.6 Å². The van der Waals surface area contributed by atoms with Crippen LogP contribution in [0.15, 0.2) is 90.3 Å². The van der Waals surface area contributed by atoms with Crippen molar-refractivity contribution in [1.82, 2.24) is 15.0 Å². The summed E-state index contributed by atoms with van der Waals surface area (Å²) < 4.78 is 45.4. The van der Waals surface area contributed by atoms with Crippen LogP contribution in [0.3, 0.4) is 0 Å². The summed E-state index contributed by atoms with van der Waals surface area (Å²) in [6.07, 6.45) is 4.43. The number of nitrogens with zero attached hydrogens (tertiary/aromatic N) is 3. The lowest BCUT2D eigenvalue weighted by Gasteiger charge is -2.15. The average Bonchev–Trinajstić information content (AvgIpc) is 2.88. The van der Waals surface area contributed by atoms with Crippen molar-refractivity contribution in [3.05, 3.63) is 102 Å². The lowest BCUT2D eigenvalue weighted by Crippen LogP contribution is -2.06. The summed E-state index contributed by atoms with van der Waals surface area (Å²) in [6.45, 7) is 0. The third-order valence-corrected chi connectivity index (χ3v) is 7.72. The zero-order valence-electron chi connectivity index (χ0n) is 19.0. The minimum absolute atomic E-state index is 0.178.